The normalized spacial score (nSPS) is 12.6. The fourth-order valence-electron chi connectivity index (χ4n) is 3.14. The third-order valence-corrected chi connectivity index (χ3v) is 4.68. The van der Waals surface area contributed by atoms with Gasteiger partial charge in [0, 0.05) is 12.2 Å². The highest BCUT2D eigenvalue weighted by Crippen LogP contribution is 2.31. The third-order valence-electron chi connectivity index (χ3n) is 4.68. The molecule has 0 spiro atoms. The Kier molecular flexibility index (Phi) is 5.31. The van der Waals surface area contributed by atoms with Crippen molar-refractivity contribution in [2.45, 2.75) is 6.54 Å². The third kappa shape index (κ3) is 4.20. The van der Waals surface area contributed by atoms with Crippen LogP contribution in [0.5, 0.6) is 0 Å². The lowest BCUT2D eigenvalue weighted by molar-refractivity contribution is -0.122. The molecule has 0 bridgehead atoms. The summed E-state index contributed by atoms with van der Waals surface area (Å²) < 4.78 is 18.0. The van der Waals surface area contributed by atoms with E-state index in [9.17, 15) is 23.6 Å². The molecule has 0 unspecified atom stereocenters. The van der Waals surface area contributed by atoms with Gasteiger partial charge in [0.1, 0.15) is 12.4 Å². The Balaban J connectivity index is 1.44. The SMILES string of the molecule is O=C(CN1C(=O)C(=O)c2cc(NC(=O)c3ccco3)ccc21)NCc1ccc(F)cc1. The number of hydrogen-bond donors (Lipinski definition) is 2. The van der Waals surface area contributed by atoms with Crippen molar-refractivity contribution in [1.82, 2.24) is 5.32 Å². The van der Waals surface area contributed by atoms with Crippen LogP contribution in [0.3, 0.4) is 0 Å². The lowest BCUT2D eigenvalue weighted by atomic mass is 10.1. The number of amides is 3. The Bertz CT molecular complexity index is 1170. The molecule has 8 nitrogen and oxygen atoms in total. The van der Waals surface area contributed by atoms with Crippen LogP contribution >= 0.6 is 0 Å². The van der Waals surface area contributed by atoms with Gasteiger partial charge in [0.25, 0.3) is 17.6 Å². The highest BCUT2D eigenvalue weighted by Gasteiger charge is 2.37. The molecular formula is C22H16FN3O5. The van der Waals surface area contributed by atoms with E-state index in [0.29, 0.717) is 11.3 Å². The first-order chi connectivity index (χ1) is 14.9. The van der Waals surface area contributed by atoms with Crippen LogP contribution in [0.15, 0.2) is 65.3 Å². The van der Waals surface area contributed by atoms with Gasteiger partial charge in [-0.3, -0.25) is 24.1 Å². The minimum Gasteiger partial charge on any atom is -0.459 e. The predicted octanol–water partition coefficient (Wildman–Crippen LogP) is 2.52. The van der Waals surface area contributed by atoms with Crippen LogP contribution in [-0.4, -0.2) is 30.0 Å². The van der Waals surface area contributed by atoms with Crippen molar-refractivity contribution in [2.75, 3.05) is 16.8 Å². The maximum atomic E-state index is 13.0. The summed E-state index contributed by atoms with van der Waals surface area (Å²) in [5, 5.41) is 5.22. The van der Waals surface area contributed by atoms with Gasteiger partial charge >= 0.3 is 0 Å². The molecule has 156 valence electrons. The standard InChI is InChI=1S/C22H16FN3O5/c23-14-5-3-13(4-6-14)11-24-19(27)12-26-17-8-7-15(10-16(17)20(28)22(26)30)25-21(29)18-2-1-9-31-18/h1-10H,11-12H2,(H,24,27)(H,25,29). The number of rotatable bonds is 6. The quantitative estimate of drug-likeness (QED) is 0.595. The van der Waals surface area contributed by atoms with Crippen molar-refractivity contribution in [3.63, 3.8) is 0 Å². The Labute approximate surface area is 175 Å². The van der Waals surface area contributed by atoms with E-state index in [2.05, 4.69) is 10.6 Å². The Morgan fingerprint density at radius 2 is 1.81 bits per heavy atom. The largest absolute Gasteiger partial charge is 0.459 e. The summed E-state index contributed by atoms with van der Waals surface area (Å²) in [6, 6.07) is 13.1. The zero-order valence-electron chi connectivity index (χ0n) is 16.1. The van der Waals surface area contributed by atoms with E-state index < -0.39 is 23.5 Å². The topological polar surface area (TPSA) is 109 Å². The molecule has 31 heavy (non-hydrogen) atoms. The van der Waals surface area contributed by atoms with E-state index in [1.54, 1.807) is 6.07 Å². The number of anilines is 2. The van der Waals surface area contributed by atoms with Crippen LogP contribution in [-0.2, 0) is 16.1 Å². The summed E-state index contributed by atoms with van der Waals surface area (Å²) in [5.41, 5.74) is 1.37. The molecule has 0 radical (unpaired) electrons. The summed E-state index contributed by atoms with van der Waals surface area (Å²) in [7, 11) is 0. The van der Waals surface area contributed by atoms with Gasteiger partial charge in [-0.15, -0.1) is 0 Å². The number of benzene rings is 2. The number of carbonyl (C=O) groups excluding carboxylic acids is 4. The molecule has 3 aromatic rings. The summed E-state index contributed by atoms with van der Waals surface area (Å²) in [6.45, 7) is -0.198. The first-order valence-corrected chi connectivity index (χ1v) is 9.28. The van der Waals surface area contributed by atoms with Gasteiger partial charge in [0.05, 0.1) is 17.5 Å². The van der Waals surface area contributed by atoms with E-state index in [1.165, 1.54) is 54.8 Å². The number of furan rings is 1. The zero-order chi connectivity index (χ0) is 22.0. The molecule has 3 amide bonds. The van der Waals surface area contributed by atoms with Crippen LogP contribution < -0.4 is 15.5 Å². The molecule has 9 heteroatoms. The van der Waals surface area contributed by atoms with Crippen molar-refractivity contribution in [2.24, 2.45) is 0 Å². The molecule has 0 saturated heterocycles. The number of halogens is 1. The number of nitrogens with one attached hydrogen (secondary N) is 2. The maximum Gasteiger partial charge on any atom is 0.299 e. The van der Waals surface area contributed by atoms with Gasteiger partial charge < -0.3 is 15.1 Å². The Hall–Kier alpha value is -4.27. The highest BCUT2D eigenvalue weighted by atomic mass is 19.1. The van der Waals surface area contributed by atoms with Crippen molar-refractivity contribution < 1.29 is 28.0 Å². The molecule has 2 N–H and O–H groups in total. The minimum atomic E-state index is -0.832. The number of Topliss-reactive ketones (excluding diaryl/α,β-unsaturated/α-hetero) is 1. The van der Waals surface area contributed by atoms with Gasteiger partial charge in [-0.2, -0.15) is 0 Å². The molecule has 1 aliphatic rings. The second-order valence-corrected chi connectivity index (χ2v) is 6.79. The minimum absolute atomic E-state index is 0.0913. The fourth-order valence-corrected chi connectivity index (χ4v) is 3.14. The second-order valence-electron chi connectivity index (χ2n) is 6.79. The number of carbonyl (C=O) groups is 4. The average Bonchev–Trinajstić information content (AvgIpc) is 3.38. The number of nitrogens with zero attached hydrogens (tertiary/aromatic N) is 1. The first kappa shape index (κ1) is 20.0. The number of hydrogen-bond acceptors (Lipinski definition) is 5. The van der Waals surface area contributed by atoms with E-state index in [-0.39, 0.29) is 35.9 Å². The summed E-state index contributed by atoms with van der Waals surface area (Å²) in [6.07, 6.45) is 1.36. The molecule has 2 aromatic carbocycles. The molecule has 2 heterocycles. The van der Waals surface area contributed by atoms with Crippen molar-refractivity contribution in [3.05, 3.63) is 83.6 Å². The zero-order valence-corrected chi connectivity index (χ0v) is 16.1. The molecule has 1 aliphatic heterocycles. The van der Waals surface area contributed by atoms with Gasteiger partial charge in [0.15, 0.2) is 5.76 Å². The van der Waals surface area contributed by atoms with Crippen LogP contribution in [0.4, 0.5) is 15.8 Å². The van der Waals surface area contributed by atoms with E-state index in [1.807, 2.05) is 0 Å². The molecule has 1 aromatic heterocycles. The van der Waals surface area contributed by atoms with E-state index in [4.69, 9.17) is 4.42 Å². The van der Waals surface area contributed by atoms with Crippen LogP contribution in [0.1, 0.15) is 26.5 Å². The smallest absolute Gasteiger partial charge is 0.299 e. The summed E-state index contributed by atoms with van der Waals surface area (Å²) >= 11 is 0. The van der Waals surface area contributed by atoms with Crippen molar-refractivity contribution in [1.29, 1.82) is 0 Å². The van der Waals surface area contributed by atoms with Crippen LogP contribution in [0.25, 0.3) is 0 Å². The molecular weight excluding hydrogens is 405 g/mol. The van der Waals surface area contributed by atoms with Gasteiger partial charge in [-0.05, 0) is 48.0 Å². The van der Waals surface area contributed by atoms with Crippen LogP contribution in [0.2, 0.25) is 0 Å². The van der Waals surface area contributed by atoms with Crippen molar-refractivity contribution in [3.8, 4) is 0 Å². The summed E-state index contributed by atoms with van der Waals surface area (Å²) in [5.74, 6) is -2.86. The molecule has 0 saturated carbocycles. The number of ketones is 1. The maximum absolute atomic E-state index is 13.0. The fraction of sp³-hybridized carbons (Fsp3) is 0.0909. The van der Waals surface area contributed by atoms with Crippen LogP contribution in [0, 0.1) is 5.82 Å². The van der Waals surface area contributed by atoms with Crippen molar-refractivity contribution >= 4 is 34.9 Å². The summed E-state index contributed by atoms with van der Waals surface area (Å²) in [4.78, 5) is 50.2. The predicted molar refractivity (Wildman–Crippen MR) is 108 cm³/mol. The highest BCUT2D eigenvalue weighted by molar-refractivity contribution is 6.52. The Morgan fingerprint density at radius 3 is 2.52 bits per heavy atom. The first-order valence-electron chi connectivity index (χ1n) is 9.28. The van der Waals surface area contributed by atoms with E-state index >= 15 is 0 Å². The monoisotopic (exact) mass is 421 g/mol. The molecule has 0 aliphatic carbocycles. The lowest BCUT2D eigenvalue weighted by Crippen LogP contribution is -2.39. The average molecular weight is 421 g/mol. The molecule has 0 atom stereocenters. The van der Waals surface area contributed by atoms with Gasteiger partial charge in [0.2, 0.25) is 5.91 Å². The van der Waals surface area contributed by atoms with Gasteiger partial charge in [-0.25, -0.2) is 4.39 Å². The second kappa shape index (κ2) is 8.23. The van der Waals surface area contributed by atoms with E-state index in [0.717, 1.165) is 4.90 Å². The lowest BCUT2D eigenvalue weighted by Gasteiger charge is -2.16. The molecule has 0 fully saturated rings. The number of fused-ring (bicyclic) bond motifs is 1. The van der Waals surface area contributed by atoms with Gasteiger partial charge in [-0.1, -0.05) is 12.1 Å². The molecule has 4 rings (SSSR count). The Morgan fingerprint density at radius 1 is 1.03 bits per heavy atom.